The number of para-hydroxylation sites is 1. The molecule has 33 heavy (non-hydrogen) atoms. The molecule has 0 amide bonds. The normalized spacial score (nSPS) is 15.5. The van der Waals surface area contributed by atoms with E-state index in [-0.39, 0.29) is 11.4 Å². The number of nitrogens with one attached hydrogen (secondary N) is 1. The molecule has 0 aliphatic heterocycles. The van der Waals surface area contributed by atoms with Crippen molar-refractivity contribution in [2.24, 2.45) is 0 Å². The standard InChI is InChI=1S/C26H26FN3O2S/c1-32-22-8-3-2-6-18(22)11-12-28-20-9-10-21-23(14-20)33-25-24(21)26(31)30(16-29-25)15-17-5-4-7-19(27)13-17/h2-8,13,16,20,28H,9-12,14-15H2,1H3. The van der Waals surface area contributed by atoms with Gasteiger partial charge in [-0.2, -0.15) is 0 Å². The molecule has 0 spiro atoms. The van der Waals surface area contributed by atoms with Crippen molar-refractivity contribution in [3.05, 3.63) is 92.6 Å². The van der Waals surface area contributed by atoms with Crippen LogP contribution in [0.2, 0.25) is 0 Å². The summed E-state index contributed by atoms with van der Waals surface area (Å²) in [5, 5.41) is 4.42. The second-order valence-electron chi connectivity index (χ2n) is 8.45. The number of aromatic nitrogens is 2. The first-order valence-electron chi connectivity index (χ1n) is 11.2. The van der Waals surface area contributed by atoms with Crippen LogP contribution in [0.4, 0.5) is 4.39 Å². The molecule has 4 aromatic rings. The zero-order chi connectivity index (χ0) is 22.8. The lowest BCUT2D eigenvalue weighted by Crippen LogP contribution is -2.35. The number of ether oxygens (including phenoxy) is 1. The van der Waals surface area contributed by atoms with Crippen LogP contribution in [0, 0.1) is 5.82 Å². The third-order valence-corrected chi connectivity index (χ3v) is 7.46. The zero-order valence-electron chi connectivity index (χ0n) is 18.5. The minimum Gasteiger partial charge on any atom is -0.496 e. The first-order valence-corrected chi connectivity index (χ1v) is 12.0. The van der Waals surface area contributed by atoms with Gasteiger partial charge in [0.15, 0.2) is 0 Å². The largest absolute Gasteiger partial charge is 0.496 e. The fourth-order valence-electron chi connectivity index (χ4n) is 4.64. The molecule has 2 aromatic heterocycles. The summed E-state index contributed by atoms with van der Waals surface area (Å²) in [5.41, 5.74) is 3.06. The topological polar surface area (TPSA) is 56.1 Å². The molecule has 0 fully saturated rings. The van der Waals surface area contributed by atoms with Crippen LogP contribution in [0.5, 0.6) is 5.75 Å². The predicted octanol–water partition coefficient (Wildman–Crippen LogP) is 4.34. The summed E-state index contributed by atoms with van der Waals surface area (Å²) in [7, 11) is 1.70. The van der Waals surface area contributed by atoms with Gasteiger partial charge < -0.3 is 10.1 Å². The van der Waals surface area contributed by atoms with Crippen molar-refractivity contribution in [2.45, 2.75) is 38.3 Å². The molecular weight excluding hydrogens is 437 g/mol. The van der Waals surface area contributed by atoms with E-state index in [0.717, 1.165) is 59.3 Å². The van der Waals surface area contributed by atoms with Crippen molar-refractivity contribution in [2.75, 3.05) is 13.7 Å². The number of rotatable bonds is 7. The van der Waals surface area contributed by atoms with Crippen molar-refractivity contribution in [1.82, 2.24) is 14.9 Å². The van der Waals surface area contributed by atoms with Crippen LogP contribution in [-0.2, 0) is 25.8 Å². The number of hydrogen-bond acceptors (Lipinski definition) is 5. The van der Waals surface area contributed by atoms with E-state index in [9.17, 15) is 9.18 Å². The molecule has 0 saturated heterocycles. The molecule has 0 bridgehead atoms. The molecular formula is C26H26FN3O2S. The highest BCUT2D eigenvalue weighted by Gasteiger charge is 2.25. The SMILES string of the molecule is COc1ccccc1CCNC1CCc2c(sc3ncn(Cc4cccc(F)c4)c(=O)c23)C1. The lowest BCUT2D eigenvalue weighted by Gasteiger charge is -2.23. The molecule has 0 radical (unpaired) electrons. The number of nitrogens with zero attached hydrogens (tertiary/aromatic N) is 2. The average Bonchev–Trinajstić information content (AvgIpc) is 3.20. The Morgan fingerprint density at radius 2 is 2.12 bits per heavy atom. The Balaban J connectivity index is 1.30. The summed E-state index contributed by atoms with van der Waals surface area (Å²) in [5.74, 6) is 0.627. The summed E-state index contributed by atoms with van der Waals surface area (Å²) >= 11 is 1.63. The molecule has 0 saturated carbocycles. The van der Waals surface area contributed by atoms with Gasteiger partial charge in [-0.25, -0.2) is 9.37 Å². The quantitative estimate of drug-likeness (QED) is 0.443. The first-order chi connectivity index (χ1) is 16.1. The second kappa shape index (κ2) is 9.45. The monoisotopic (exact) mass is 463 g/mol. The Bertz CT molecular complexity index is 1350. The van der Waals surface area contributed by atoms with E-state index in [1.54, 1.807) is 35.4 Å². The van der Waals surface area contributed by atoms with E-state index in [1.165, 1.54) is 22.6 Å². The van der Waals surface area contributed by atoms with Crippen LogP contribution in [-0.4, -0.2) is 29.2 Å². The smallest absolute Gasteiger partial charge is 0.262 e. The third kappa shape index (κ3) is 4.56. The Kier molecular flexibility index (Phi) is 6.24. The van der Waals surface area contributed by atoms with E-state index in [2.05, 4.69) is 16.4 Å². The van der Waals surface area contributed by atoms with Crippen LogP contribution in [0.3, 0.4) is 0 Å². The summed E-state index contributed by atoms with van der Waals surface area (Å²) in [6, 6.07) is 14.9. The molecule has 7 heteroatoms. The molecule has 1 atom stereocenters. The van der Waals surface area contributed by atoms with Gasteiger partial charge in [0.05, 0.1) is 25.4 Å². The number of aryl methyl sites for hydroxylation is 1. The van der Waals surface area contributed by atoms with Gasteiger partial charge in [-0.1, -0.05) is 30.3 Å². The fraction of sp³-hybridized carbons (Fsp3) is 0.308. The van der Waals surface area contributed by atoms with E-state index >= 15 is 0 Å². The highest BCUT2D eigenvalue weighted by Crippen LogP contribution is 2.33. The van der Waals surface area contributed by atoms with E-state index < -0.39 is 0 Å². The maximum absolute atomic E-state index is 13.5. The Hall–Kier alpha value is -3.03. The molecule has 5 rings (SSSR count). The lowest BCUT2D eigenvalue weighted by atomic mass is 9.93. The van der Waals surface area contributed by atoms with Gasteiger partial charge >= 0.3 is 0 Å². The van der Waals surface area contributed by atoms with Crippen LogP contribution >= 0.6 is 11.3 Å². The van der Waals surface area contributed by atoms with E-state index in [0.29, 0.717) is 12.6 Å². The summed E-state index contributed by atoms with van der Waals surface area (Å²) in [6.45, 7) is 1.20. The lowest BCUT2D eigenvalue weighted by molar-refractivity contribution is 0.407. The van der Waals surface area contributed by atoms with E-state index in [4.69, 9.17) is 4.74 Å². The van der Waals surface area contributed by atoms with Crippen molar-refractivity contribution in [3.8, 4) is 5.75 Å². The molecule has 170 valence electrons. The van der Waals surface area contributed by atoms with Gasteiger partial charge in [0.2, 0.25) is 0 Å². The van der Waals surface area contributed by atoms with Crippen molar-refractivity contribution >= 4 is 21.6 Å². The second-order valence-corrected chi connectivity index (χ2v) is 9.53. The molecule has 1 N–H and O–H groups in total. The molecule has 1 aliphatic carbocycles. The first kappa shape index (κ1) is 21.8. The number of halogens is 1. The Morgan fingerprint density at radius 3 is 2.97 bits per heavy atom. The highest BCUT2D eigenvalue weighted by molar-refractivity contribution is 7.18. The summed E-state index contributed by atoms with van der Waals surface area (Å²) in [4.78, 5) is 19.8. The van der Waals surface area contributed by atoms with Gasteiger partial charge in [-0.15, -0.1) is 11.3 Å². The van der Waals surface area contributed by atoms with Crippen LogP contribution < -0.4 is 15.6 Å². The van der Waals surface area contributed by atoms with Crippen LogP contribution in [0.1, 0.15) is 28.0 Å². The molecule has 5 nitrogen and oxygen atoms in total. The molecule has 1 aliphatic rings. The van der Waals surface area contributed by atoms with Crippen molar-refractivity contribution in [1.29, 1.82) is 0 Å². The number of methoxy groups -OCH3 is 1. The predicted molar refractivity (Wildman–Crippen MR) is 130 cm³/mol. The number of thiophene rings is 1. The maximum atomic E-state index is 13.5. The van der Waals surface area contributed by atoms with Gasteiger partial charge in [-0.3, -0.25) is 9.36 Å². The minimum absolute atomic E-state index is 0.0376. The Morgan fingerprint density at radius 1 is 1.24 bits per heavy atom. The number of benzene rings is 2. The van der Waals surface area contributed by atoms with Crippen molar-refractivity contribution in [3.63, 3.8) is 0 Å². The average molecular weight is 464 g/mol. The van der Waals surface area contributed by atoms with Gasteiger partial charge in [0.25, 0.3) is 5.56 Å². The minimum atomic E-state index is -0.299. The number of hydrogen-bond donors (Lipinski definition) is 1. The van der Waals surface area contributed by atoms with Crippen LogP contribution in [0.25, 0.3) is 10.2 Å². The summed E-state index contributed by atoms with van der Waals surface area (Å²) < 4.78 is 20.6. The maximum Gasteiger partial charge on any atom is 0.262 e. The molecule has 2 aromatic carbocycles. The van der Waals surface area contributed by atoms with Crippen LogP contribution in [0.15, 0.2) is 59.7 Å². The number of fused-ring (bicyclic) bond motifs is 3. The third-order valence-electron chi connectivity index (χ3n) is 6.30. The highest BCUT2D eigenvalue weighted by atomic mass is 32.1. The summed E-state index contributed by atoms with van der Waals surface area (Å²) in [6.07, 6.45) is 5.25. The van der Waals surface area contributed by atoms with E-state index in [1.807, 2.05) is 24.3 Å². The van der Waals surface area contributed by atoms with Gasteiger partial charge in [0, 0.05) is 10.9 Å². The fourth-order valence-corrected chi connectivity index (χ4v) is 5.90. The Labute approximate surface area is 195 Å². The van der Waals surface area contributed by atoms with Crippen molar-refractivity contribution < 1.29 is 9.13 Å². The zero-order valence-corrected chi connectivity index (χ0v) is 19.3. The van der Waals surface area contributed by atoms with Gasteiger partial charge in [0.1, 0.15) is 16.4 Å². The molecule has 2 heterocycles. The molecule has 1 unspecified atom stereocenters. The van der Waals surface area contributed by atoms with Gasteiger partial charge in [-0.05, 0) is 67.1 Å².